The van der Waals surface area contributed by atoms with Crippen LogP contribution in [-0.2, 0) is 6.42 Å². The van der Waals surface area contributed by atoms with Crippen LogP contribution in [0.15, 0.2) is 10.5 Å². The normalized spacial score (nSPS) is 13.3. The van der Waals surface area contributed by atoms with Crippen LogP contribution in [0.5, 0.6) is 0 Å². The van der Waals surface area contributed by atoms with Gasteiger partial charge in [-0.05, 0) is 35.0 Å². The molecule has 0 radical (unpaired) electrons. The molecule has 0 bridgehead atoms. The van der Waals surface area contributed by atoms with Crippen LogP contribution in [0.4, 0.5) is 0 Å². The average molecular weight is 248 g/mol. The molecule has 0 saturated carbocycles. The molecule has 1 rings (SSSR count). The van der Waals surface area contributed by atoms with Gasteiger partial charge in [-0.3, -0.25) is 0 Å². The van der Waals surface area contributed by atoms with E-state index < -0.39 is 0 Å². The monoisotopic (exact) mass is 247 g/mol. The van der Waals surface area contributed by atoms with Crippen LogP contribution in [0.2, 0.25) is 0 Å². The van der Waals surface area contributed by atoms with Crippen LogP contribution >= 0.6 is 27.3 Å². The van der Waals surface area contributed by atoms with Crippen molar-refractivity contribution in [1.29, 1.82) is 0 Å². The summed E-state index contributed by atoms with van der Waals surface area (Å²) in [5, 5.41) is 0. The highest BCUT2D eigenvalue weighted by Gasteiger charge is 2.09. The summed E-state index contributed by atoms with van der Waals surface area (Å²) >= 11 is 5.41. The van der Waals surface area contributed by atoms with E-state index in [-0.39, 0.29) is 0 Å². The van der Waals surface area contributed by atoms with Crippen molar-refractivity contribution in [3.8, 4) is 0 Å². The Hall–Kier alpha value is 0.140. The summed E-state index contributed by atoms with van der Waals surface area (Å²) in [7, 11) is 0. The van der Waals surface area contributed by atoms with Crippen LogP contribution in [-0.4, -0.2) is 6.54 Å². The number of rotatable bonds is 3. The van der Waals surface area contributed by atoms with Crippen molar-refractivity contribution in [1.82, 2.24) is 0 Å². The Morgan fingerprint density at radius 3 is 2.75 bits per heavy atom. The van der Waals surface area contributed by atoms with Gasteiger partial charge in [-0.25, -0.2) is 0 Å². The van der Waals surface area contributed by atoms with E-state index in [0.717, 1.165) is 13.0 Å². The van der Waals surface area contributed by atoms with Gasteiger partial charge >= 0.3 is 0 Å². The molecular formula is C9H14BrNS. The summed E-state index contributed by atoms with van der Waals surface area (Å²) in [6.07, 6.45) is 1.10. The van der Waals surface area contributed by atoms with Crippen molar-refractivity contribution in [3.63, 3.8) is 0 Å². The highest BCUT2D eigenvalue weighted by Crippen LogP contribution is 2.31. The summed E-state index contributed by atoms with van der Waals surface area (Å²) in [6.45, 7) is 5.07. The van der Waals surface area contributed by atoms with Crippen LogP contribution in [0.25, 0.3) is 0 Å². The molecule has 0 aromatic carbocycles. The molecule has 12 heavy (non-hydrogen) atoms. The molecule has 2 N–H and O–H groups in total. The minimum Gasteiger partial charge on any atom is -0.330 e. The van der Waals surface area contributed by atoms with Crippen LogP contribution < -0.4 is 5.73 Å². The quantitative estimate of drug-likeness (QED) is 0.873. The summed E-state index contributed by atoms with van der Waals surface area (Å²) in [6, 6.07) is 2.20. The Labute approximate surface area is 86.1 Å². The first-order chi connectivity index (χ1) is 5.69. The molecule has 1 unspecified atom stereocenters. The molecule has 0 spiro atoms. The van der Waals surface area contributed by atoms with E-state index in [2.05, 4.69) is 35.8 Å². The molecule has 0 fully saturated rings. The predicted octanol–water partition coefficient (Wildman–Crippen LogP) is 3.14. The van der Waals surface area contributed by atoms with Gasteiger partial charge in [-0.1, -0.05) is 13.8 Å². The Kier molecular flexibility index (Phi) is 3.75. The average Bonchev–Trinajstić information content (AvgIpc) is 2.45. The minimum atomic E-state index is 0.492. The van der Waals surface area contributed by atoms with Crippen molar-refractivity contribution in [3.05, 3.63) is 20.3 Å². The second kappa shape index (κ2) is 4.40. The van der Waals surface area contributed by atoms with Gasteiger partial charge in [0.05, 0.1) is 0 Å². The minimum absolute atomic E-state index is 0.492. The molecule has 1 nitrogen and oxygen atoms in total. The molecule has 68 valence electrons. The van der Waals surface area contributed by atoms with E-state index in [1.54, 1.807) is 0 Å². The molecular weight excluding hydrogens is 234 g/mol. The fraction of sp³-hybridized carbons (Fsp3) is 0.556. The number of thiophene rings is 1. The maximum Gasteiger partial charge on any atom is 0.0317 e. The second-order valence-electron chi connectivity index (χ2n) is 2.91. The Balaban J connectivity index is 2.88. The smallest absolute Gasteiger partial charge is 0.0317 e. The third-order valence-corrected chi connectivity index (χ3v) is 4.42. The summed E-state index contributed by atoms with van der Waals surface area (Å²) in [4.78, 5) is 2.81. The first kappa shape index (κ1) is 10.2. The summed E-state index contributed by atoms with van der Waals surface area (Å²) < 4.78 is 1.24. The zero-order chi connectivity index (χ0) is 9.14. The van der Waals surface area contributed by atoms with E-state index in [1.807, 2.05) is 11.3 Å². The van der Waals surface area contributed by atoms with Crippen molar-refractivity contribution in [2.24, 2.45) is 5.73 Å². The van der Waals surface area contributed by atoms with Gasteiger partial charge in [0.15, 0.2) is 0 Å². The fourth-order valence-corrected chi connectivity index (χ4v) is 3.01. The largest absolute Gasteiger partial charge is 0.330 e. The Morgan fingerprint density at radius 2 is 2.33 bits per heavy atom. The lowest BCUT2D eigenvalue weighted by Gasteiger charge is -2.02. The molecule has 0 saturated heterocycles. The van der Waals surface area contributed by atoms with Gasteiger partial charge in [0, 0.05) is 20.1 Å². The van der Waals surface area contributed by atoms with Crippen molar-refractivity contribution >= 4 is 27.3 Å². The maximum absolute atomic E-state index is 5.60. The van der Waals surface area contributed by atoms with Crippen molar-refractivity contribution in [2.45, 2.75) is 26.2 Å². The Morgan fingerprint density at radius 1 is 1.67 bits per heavy atom. The van der Waals surface area contributed by atoms with Gasteiger partial charge in [-0.15, -0.1) is 11.3 Å². The third kappa shape index (κ3) is 2.09. The van der Waals surface area contributed by atoms with Gasteiger partial charge in [-0.2, -0.15) is 0 Å². The number of aryl methyl sites for hydroxylation is 1. The van der Waals surface area contributed by atoms with E-state index in [9.17, 15) is 0 Å². The second-order valence-corrected chi connectivity index (χ2v) is 4.93. The highest BCUT2D eigenvalue weighted by atomic mass is 79.9. The zero-order valence-corrected chi connectivity index (χ0v) is 9.83. The molecule has 1 heterocycles. The van der Waals surface area contributed by atoms with Crippen molar-refractivity contribution in [2.75, 3.05) is 6.54 Å². The molecule has 0 aliphatic heterocycles. The molecule has 0 aliphatic carbocycles. The van der Waals surface area contributed by atoms with Gasteiger partial charge in [0.2, 0.25) is 0 Å². The van der Waals surface area contributed by atoms with Crippen molar-refractivity contribution < 1.29 is 0 Å². The number of nitrogens with two attached hydrogens (primary N) is 1. The van der Waals surface area contributed by atoms with Crippen LogP contribution in [0.3, 0.4) is 0 Å². The number of halogens is 1. The highest BCUT2D eigenvalue weighted by molar-refractivity contribution is 9.10. The van der Waals surface area contributed by atoms with Gasteiger partial charge in [0.1, 0.15) is 0 Å². The predicted molar refractivity (Wildman–Crippen MR) is 58.9 cm³/mol. The van der Waals surface area contributed by atoms with E-state index in [0.29, 0.717) is 5.92 Å². The molecule has 0 amide bonds. The van der Waals surface area contributed by atoms with Gasteiger partial charge < -0.3 is 5.73 Å². The summed E-state index contributed by atoms with van der Waals surface area (Å²) in [5.41, 5.74) is 5.60. The SMILES string of the molecule is CCc1sc(C(C)CN)cc1Br. The standard InChI is InChI=1S/C9H14BrNS/c1-3-8-7(10)4-9(12-8)6(2)5-11/h4,6H,3,5,11H2,1-2H3. The van der Waals surface area contributed by atoms with E-state index in [1.165, 1.54) is 14.2 Å². The third-order valence-electron chi connectivity index (χ3n) is 1.94. The molecule has 1 aromatic rings. The molecule has 1 aromatic heterocycles. The number of hydrogen-bond donors (Lipinski definition) is 1. The topological polar surface area (TPSA) is 26.0 Å². The lowest BCUT2D eigenvalue weighted by atomic mass is 10.1. The maximum atomic E-state index is 5.60. The first-order valence-electron chi connectivity index (χ1n) is 4.17. The number of hydrogen-bond acceptors (Lipinski definition) is 2. The molecule has 3 heteroatoms. The fourth-order valence-electron chi connectivity index (χ4n) is 1.03. The van der Waals surface area contributed by atoms with E-state index in [4.69, 9.17) is 5.73 Å². The summed E-state index contributed by atoms with van der Waals surface area (Å²) in [5.74, 6) is 0.492. The van der Waals surface area contributed by atoms with Gasteiger partial charge in [0.25, 0.3) is 0 Å². The lowest BCUT2D eigenvalue weighted by Crippen LogP contribution is -2.06. The zero-order valence-electron chi connectivity index (χ0n) is 7.43. The van der Waals surface area contributed by atoms with E-state index >= 15 is 0 Å². The molecule has 1 atom stereocenters. The van der Waals surface area contributed by atoms with Crippen LogP contribution in [0, 0.1) is 0 Å². The Bertz CT molecular complexity index is 257. The molecule has 0 aliphatic rings. The van der Waals surface area contributed by atoms with Crippen LogP contribution in [0.1, 0.15) is 29.5 Å². The lowest BCUT2D eigenvalue weighted by molar-refractivity contribution is 0.790. The first-order valence-corrected chi connectivity index (χ1v) is 5.78.